The van der Waals surface area contributed by atoms with Crippen molar-refractivity contribution in [3.05, 3.63) is 68.3 Å². The standard InChI is InChI=1S/C28H29BrClN5O5S/c1-16-24(17(2)36)25(35-27(31-16)32-28(33-35)41-15-18-6-4-5-7-21(18)30)19-12-20(29)26(22(13-19)38-3)40-14-23(37)34-8-10-39-11-9-34/h4-7,12-13,25H,8-11,14-15H2,1-3H3,(H,31,32,33). The number of nitrogens with one attached hydrogen (secondary N) is 1. The molecule has 3 heterocycles. The van der Waals surface area contributed by atoms with E-state index in [0.29, 0.717) is 75.4 Å². The van der Waals surface area contributed by atoms with Gasteiger partial charge in [-0.1, -0.05) is 41.6 Å². The zero-order valence-electron chi connectivity index (χ0n) is 22.8. The van der Waals surface area contributed by atoms with Gasteiger partial charge in [-0.2, -0.15) is 4.98 Å². The number of ketones is 1. The molecule has 1 aromatic heterocycles. The minimum absolute atomic E-state index is 0.0991. The molecule has 2 aliphatic heterocycles. The second-order valence-electron chi connectivity index (χ2n) is 9.48. The minimum atomic E-state index is -0.569. The quantitative estimate of drug-likeness (QED) is 0.313. The fourth-order valence-electron chi connectivity index (χ4n) is 4.79. The maximum Gasteiger partial charge on any atom is 0.260 e. The zero-order valence-corrected chi connectivity index (χ0v) is 25.9. The van der Waals surface area contributed by atoms with Crippen LogP contribution in [0.2, 0.25) is 5.02 Å². The van der Waals surface area contributed by atoms with Crippen LogP contribution in [-0.2, 0) is 20.1 Å². The Labute approximate surface area is 255 Å². The summed E-state index contributed by atoms with van der Waals surface area (Å²) in [4.78, 5) is 32.0. The number of morpholine rings is 1. The highest BCUT2D eigenvalue weighted by molar-refractivity contribution is 9.10. The molecule has 216 valence electrons. The first-order valence-corrected chi connectivity index (χ1v) is 15.1. The molecule has 0 aliphatic carbocycles. The van der Waals surface area contributed by atoms with Gasteiger partial charge in [0.15, 0.2) is 23.9 Å². The van der Waals surface area contributed by atoms with Crippen molar-refractivity contribution in [3.63, 3.8) is 0 Å². The molecule has 1 unspecified atom stereocenters. The third-order valence-electron chi connectivity index (χ3n) is 6.80. The van der Waals surface area contributed by atoms with Crippen molar-refractivity contribution in [2.75, 3.05) is 45.3 Å². The Morgan fingerprint density at radius 1 is 1.24 bits per heavy atom. The van der Waals surface area contributed by atoms with Crippen LogP contribution in [0.1, 0.15) is 31.0 Å². The summed E-state index contributed by atoms with van der Waals surface area (Å²) >= 11 is 11.4. The summed E-state index contributed by atoms with van der Waals surface area (Å²) in [7, 11) is 1.53. The lowest BCUT2D eigenvalue weighted by molar-refractivity contribution is -0.137. The lowest BCUT2D eigenvalue weighted by Gasteiger charge is -2.29. The molecule has 0 saturated carbocycles. The van der Waals surface area contributed by atoms with Crippen molar-refractivity contribution in [3.8, 4) is 11.5 Å². The lowest BCUT2D eigenvalue weighted by Crippen LogP contribution is -2.43. The fraction of sp³-hybridized carbons (Fsp3) is 0.357. The normalized spacial score (nSPS) is 16.7. The van der Waals surface area contributed by atoms with Gasteiger partial charge in [-0.25, -0.2) is 4.68 Å². The summed E-state index contributed by atoms with van der Waals surface area (Å²) in [5.41, 5.74) is 2.96. The van der Waals surface area contributed by atoms with Crippen molar-refractivity contribution in [1.29, 1.82) is 0 Å². The van der Waals surface area contributed by atoms with E-state index in [4.69, 9.17) is 30.9 Å². The number of benzene rings is 2. The summed E-state index contributed by atoms with van der Waals surface area (Å²) in [5, 5.41) is 9.22. The second kappa shape index (κ2) is 12.8. The average Bonchev–Trinajstić information content (AvgIpc) is 3.37. The number of thioether (sulfide) groups is 1. The molecule has 41 heavy (non-hydrogen) atoms. The maximum atomic E-state index is 12.9. The number of ether oxygens (including phenoxy) is 3. The van der Waals surface area contributed by atoms with Gasteiger partial charge in [0.25, 0.3) is 5.91 Å². The van der Waals surface area contributed by atoms with Crippen LogP contribution in [0, 0.1) is 0 Å². The van der Waals surface area contributed by atoms with Crippen LogP contribution >= 0.6 is 39.3 Å². The third-order valence-corrected chi connectivity index (χ3v) is 8.64. The molecule has 5 rings (SSSR count). The first kappa shape index (κ1) is 29.4. The number of fused-ring (bicyclic) bond motifs is 1. The first-order valence-electron chi connectivity index (χ1n) is 12.9. The van der Waals surface area contributed by atoms with E-state index < -0.39 is 6.04 Å². The highest BCUT2D eigenvalue weighted by Crippen LogP contribution is 2.43. The highest BCUT2D eigenvalue weighted by Gasteiger charge is 2.34. The van der Waals surface area contributed by atoms with Gasteiger partial charge in [-0.05, 0) is 59.1 Å². The number of aromatic nitrogens is 3. The van der Waals surface area contributed by atoms with Gasteiger partial charge >= 0.3 is 0 Å². The number of carbonyl (C=O) groups excluding carboxylic acids is 2. The molecule has 2 aromatic carbocycles. The number of nitrogens with zero attached hydrogens (tertiary/aromatic N) is 4. The Morgan fingerprint density at radius 2 is 2.00 bits per heavy atom. The summed E-state index contributed by atoms with van der Waals surface area (Å²) in [6, 6.07) is 10.7. The second-order valence-corrected chi connectivity index (χ2v) is 11.7. The van der Waals surface area contributed by atoms with Gasteiger partial charge < -0.3 is 24.4 Å². The molecule has 1 amide bonds. The fourth-order valence-corrected chi connectivity index (χ4v) is 6.48. The number of amides is 1. The van der Waals surface area contributed by atoms with Crippen LogP contribution in [0.3, 0.4) is 0 Å². The predicted octanol–water partition coefficient (Wildman–Crippen LogP) is 5.11. The zero-order chi connectivity index (χ0) is 29.1. The number of halogens is 2. The van der Waals surface area contributed by atoms with Crippen LogP contribution in [-0.4, -0.2) is 71.4 Å². The van der Waals surface area contributed by atoms with E-state index in [1.165, 1.54) is 25.8 Å². The monoisotopic (exact) mass is 661 g/mol. The number of hydrogen-bond acceptors (Lipinski definition) is 9. The van der Waals surface area contributed by atoms with E-state index in [0.717, 1.165) is 11.1 Å². The number of rotatable bonds is 9. The van der Waals surface area contributed by atoms with E-state index in [1.54, 1.807) is 15.6 Å². The molecule has 1 saturated heterocycles. The molecule has 3 aromatic rings. The Kier molecular flexibility index (Phi) is 9.22. The number of carbonyl (C=O) groups is 2. The van der Waals surface area contributed by atoms with Gasteiger partial charge in [-0.15, -0.1) is 5.10 Å². The SMILES string of the molecule is COc1cc(C2C(C(C)=O)=C(C)Nc3nc(SCc4ccccc4Cl)nn32)cc(Br)c1OCC(=O)N1CCOCC1. The third kappa shape index (κ3) is 6.40. The van der Waals surface area contributed by atoms with Gasteiger partial charge in [-0.3, -0.25) is 9.59 Å². The Balaban J connectivity index is 1.44. The summed E-state index contributed by atoms with van der Waals surface area (Å²) < 4.78 is 19.2. The van der Waals surface area contributed by atoms with Gasteiger partial charge in [0.2, 0.25) is 11.1 Å². The lowest BCUT2D eigenvalue weighted by atomic mass is 9.93. The number of anilines is 1. The largest absolute Gasteiger partial charge is 0.493 e. The topological polar surface area (TPSA) is 108 Å². The maximum absolute atomic E-state index is 12.9. The Hall–Kier alpha value is -3.06. The van der Waals surface area contributed by atoms with Gasteiger partial charge in [0.1, 0.15) is 6.04 Å². The molecule has 10 nitrogen and oxygen atoms in total. The van der Waals surface area contributed by atoms with E-state index in [-0.39, 0.29) is 18.3 Å². The number of methoxy groups -OCH3 is 1. The summed E-state index contributed by atoms with van der Waals surface area (Å²) in [6.07, 6.45) is 0. The average molecular weight is 663 g/mol. The molecule has 13 heteroatoms. The number of hydrogen-bond donors (Lipinski definition) is 1. The molecule has 1 fully saturated rings. The Morgan fingerprint density at radius 3 is 2.71 bits per heavy atom. The van der Waals surface area contributed by atoms with Crippen LogP contribution in [0.15, 0.2) is 57.3 Å². The van der Waals surface area contributed by atoms with Crippen molar-refractivity contribution < 1.29 is 23.8 Å². The van der Waals surface area contributed by atoms with Crippen molar-refractivity contribution in [2.45, 2.75) is 30.8 Å². The highest BCUT2D eigenvalue weighted by atomic mass is 79.9. The van der Waals surface area contributed by atoms with Gasteiger partial charge in [0, 0.05) is 35.1 Å². The van der Waals surface area contributed by atoms with Crippen LogP contribution < -0.4 is 14.8 Å². The number of Topliss-reactive ketones (excluding diaryl/α,β-unsaturated/α-hetero) is 1. The molecule has 1 N–H and O–H groups in total. The molecule has 2 aliphatic rings. The first-order chi connectivity index (χ1) is 19.8. The Bertz CT molecular complexity index is 1510. The van der Waals surface area contributed by atoms with E-state index in [9.17, 15) is 9.59 Å². The van der Waals surface area contributed by atoms with Crippen LogP contribution in [0.25, 0.3) is 0 Å². The summed E-state index contributed by atoms with van der Waals surface area (Å²) in [6.45, 7) is 5.34. The molecular weight excluding hydrogens is 634 g/mol. The molecular formula is C28H29BrClN5O5S. The van der Waals surface area contributed by atoms with Gasteiger partial charge in [0.05, 0.1) is 24.8 Å². The molecule has 0 radical (unpaired) electrons. The van der Waals surface area contributed by atoms with Crippen LogP contribution in [0.5, 0.6) is 11.5 Å². The van der Waals surface area contributed by atoms with Crippen molar-refractivity contribution in [1.82, 2.24) is 19.7 Å². The molecule has 1 atom stereocenters. The molecule has 0 bridgehead atoms. The smallest absolute Gasteiger partial charge is 0.260 e. The van der Waals surface area contributed by atoms with Crippen molar-refractivity contribution >= 4 is 56.9 Å². The minimum Gasteiger partial charge on any atom is -0.493 e. The van der Waals surface area contributed by atoms with E-state index in [2.05, 4.69) is 26.2 Å². The van der Waals surface area contributed by atoms with E-state index in [1.807, 2.05) is 37.3 Å². The molecule has 0 spiro atoms. The van der Waals surface area contributed by atoms with E-state index >= 15 is 0 Å². The van der Waals surface area contributed by atoms with Crippen molar-refractivity contribution in [2.24, 2.45) is 0 Å². The number of allylic oxidation sites excluding steroid dienone is 2. The predicted molar refractivity (Wildman–Crippen MR) is 160 cm³/mol. The summed E-state index contributed by atoms with van der Waals surface area (Å²) in [5.74, 6) is 1.69. The van der Waals surface area contributed by atoms with Crippen LogP contribution in [0.4, 0.5) is 5.95 Å².